The summed E-state index contributed by atoms with van der Waals surface area (Å²) in [4.78, 5) is 19.2. The molecule has 2 heterocycles. The Kier molecular flexibility index (Phi) is 4.30. The molecule has 2 aromatic rings. The zero-order valence-electron chi connectivity index (χ0n) is 14.6. The summed E-state index contributed by atoms with van der Waals surface area (Å²) in [5.74, 6) is 0.289. The van der Waals surface area contributed by atoms with Crippen molar-refractivity contribution in [3.05, 3.63) is 65.5 Å². The lowest BCUT2D eigenvalue weighted by Crippen LogP contribution is -2.38. The van der Waals surface area contributed by atoms with Crippen LogP contribution in [0.3, 0.4) is 0 Å². The van der Waals surface area contributed by atoms with E-state index < -0.39 is 0 Å². The number of aryl methyl sites for hydroxylation is 1. The lowest BCUT2D eigenvalue weighted by atomic mass is 9.90. The first kappa shape index (κ1) is 16.3. The molecule has 0 bridgehead atoms. The van der Waals surface area contributed by atoms with Crippen molar-refractivity contribution >= 4 is 5.91 Å². The molecule has 4 heteroatoms. The number of amides is 1. The maximum Gasteiger partial charge on any atom is 0.233 e. The molecule has 0 N–H and O–H groups in total. The third-order valence-electron chi connectivity index (χ3n) is 5.49. The van der Waals surface area contributed by atoms with Gasteiger partial charge < -0.3 is 9.64 Å². The van der Waals surface area contributed by atoms with Crippen LogP contribution in [-0.2, 0) is 21.6 Å². The molecule has 2 aliphatic rings. The smallest absolute Gasteiger partial charge is 0.233 e. The predicted molar refractivity (Wildman–Crippen MR) is 96.1 cm³/mol. The van der Waals surface area contributed by atoms with Crippen LogP contribution in [0.25, 0.3) is 0 Å². The molecule has 1 aromatic heterocycles. The topological polar surface area (TPSA) is 42.4 Å². The second-order valence-electron chi connectivity index (χ2n) is 7.23. The van der Waals surface area contributed by atoms with E-state index in [0.29, 0.717) is 13.2 Å². The van der Waals surface area contributed by atoms with Crippen molar-refractivity contribution in [2.24, 2.45) is 0 Å². The van der Waals surface area contributed by atoms with E-state index >= 15 is 0 Å². The molecule has 2 fully saturated rings. The predicted octanol–water partition coefficient (Wildman–Crippen LogP) is 3.24. The normalized spacial score (nSPS) is 21.3. The minimum Gasteiger partial charge on any atom is -0.372 e. The fraction of sp³-hybridized carbons (Fsp3) is 0.429. The number of nitrogens with zero attached hydrogens (tertiary/aromatic N) is 2. The lowest BCUT2D eigenvalue weighted by molar-refractivity contribution is -0.133. The molecule has 0 spiro atoms. The number of aromatic nitrogens is 1. The number of pyridine rings is 1. The molecular weight excluding hydrogens is 312 g/mol. The monoisotopic (exact) mass is 336 g/mol. The van der Waals surface area contributed by atoms with Gasteiger partial charge in [0, 0.05) is 25.5 Å². The Labute approximate surface area is 148 Å². The van der Waals surface area contributed by atoms with Gasteiger partial charge in [-0.15, -0.1) is 0 Å². The summed E-state index contributed by atoms with van der Waals surface area (Å²) in [6.45, 7) is 4.19. The summed E-state index contributed by atoms with van der Waals surface area (Å²) in [5.41, 5.74) is 3.28. The third-order valence-corrected chi connectivity index (χ3v) is 5.49. The number of likely N-dealkylation sites (tertiary alicyclic amines) is 1. The van der Waals surface area contributed by atoms with Crippen molar-refractivity contribution < 1.29 is 9.53 Å². The number of carbonyl (C=O) groups excluding carboxylic acids is 1. The van der Waals surface area contributed by atoms with Gasteiger partial charge in [-0.1, -0.05) is 24.3 Å². The SMILES string of the molecule is Cc1ccccc1C1(C(=O)N2CCC(OCc3ccncc3)C2)CC1. The van der Waals surface area contributed by atoms with Gasteiger partial charge >= 0.3 is 0 Å². The Morgan fingerprint density at radius 2 is 2.00 bits per heavy atom. The van der Waals surface area contributed by atoms with Crippen LogP contribution in [0.15, 0.2) is 48.8 Å². The Morgan fingerprint density at radius 1 is 1.24 bits per heavy atom. The molecule has 1 aromatic carbocycles. The van der Waals surface area contributed by atoms with E-state index in [1.54, 1.807) is 12.4 Å². The number of ether oxygens (including phenoxy) is 1. The highest BCUT2D eigenvalue weighted by atomic mass is 16.5. The number of hydrogen-bond donors (Lipinski definition) is 0. The van der Waals surface area contributed by atoms with Crippen LogP contribution in [0, 0.1) is 6.92 Å². The van der Waals surface area contributed by atoms with Crippen molar-refractivity contribution in [2.75, 3.05) is 13.1 Å². The zero-order chi connectivity index (χ0) is 17.3. The number of benzene rings is 1. The largest absolute Gasteiger partial charge is 0.372 e. The van der Waals surface area contributed by atoms with E-state index in [1.165, 1.54) is 11.1 Å². The van der Waals surface area contributed by atoms with E-state index in [0.717, 1.165) is 31.4 Å². The second kappa shape index (κ2) is 6.60. The second-order valence-corrected chi connectivity index (χ2v) is 7.23. The molecule has 1 aliphatic heterocycles. The van der Waals surface area contributed by atoms with Gasteiger partial charge in [0.25, 0.3) is 0 Å². The van der Waals surface area contributed by atoms with E-state index in [1.807, 2.05) is 29.2 Å². The van der Waals surface area contributed by atoms with Crippen molar-refractivity contribution in [1.82, 2.24) is 9.88 Å². The van der Waals surface area contributed by atoms with Gasteiger partial charge in [-0.2, -0.15) is 0 Å². The van der Waals surface area contributed by atoms with Crippen LogP contribution in [0.1, 0.15) is 36.0 Å². The van der Waals surface area contributed by atoms with Crippen LogP contribution in [0.5, 0.6) is 0 Å². The minimum absolute atomic E-state index is 0.129. The molecule has 1 amide bonds. The molecule has 4 nitrogen and oxygen atoms in total. The molecule has 1 saturated heterocycles. The minimum atomic E-state index is -0.272. The average molecular weight is 336 g/mol. The molecule has 1 unspecified atom stereocenters. The van der Waals surface area contributed by atoms with Crippen LogP contribution >= 0.6 is 0 Å². The molecule has 25 heavy (non-hydrogen) atoms. The fourth-order valence-electron chi connectivity index (χ4n) is 3.88. The molecule has 130 valence electrons. The van der Waals surface area contributed by atoms with Gasteiger partial charge in [-0.05, 0) is 55.0 Å². The summed E-state index contributed by atoms with van der Waals surface area (Å²) in [6.07, 6.45) is 6.54. The summed E-state index contributed by atoms with van der Waals surface area (Å²) < 4.78 is 6.01. The highest BCUT2D eigenvalue weighted by molar-refractivity contribution is 5.92. The van der Waals surface area contributed by atoms with Crippen LogP contribution < -0.4 is 0 Å². The number of hydrogen-bond acceptors (Lipinski definition) is 3. The number of carbonyl (C=O) groups is 1. The summed E-state index contributed by atoms with van der Waals surface area (Å²) in [6, 6.07) is 12.2. The van der Waals surface area contributed by atoms with Crippen molar-refractivity contribution in [1.29, 1.82) is 0 Å². The third kappa shape index (κ3) is 3.19. The van der Waals surface area contributed by atoms with E-state index in [2.05, 4.69) is 24.0 Å². The first-order chi connectivity index (χ1) is 12.2. The van der Waals surface area contributed by atoms with Gasteiger partial charge in [0.15, 0.2) is 0 Å². The molecule has 1 aliphatic carbocycles. The zero-order valence-corrected chi connectivity index (χ0v) is 14.6. The quantitative estimate of drug-likeness (QED) is 0.842. The highest BCUT2D eigenvalue weighted by Crippen LogP contribution is 2.51. The van der Waals surface area contributed by atoms with Crippen molar-refractivity contribution in [3.8, 4) is 0 Å². The standard InChI is InChI=1S/C21H24N2O2/c1-16-4-2-3-5-19(16)21(9-10-21)20(24)23-13-8-18(14-23)25-15-17-6-11-22-12-7-17/h2-7,11-12,18H,8-10,13-15H2,1H3. The van der Waals surface area contributed by atoms with Gasteiger partial charge in [-0.25, -0.2) is 0 Å². The van der Waals surface area contributed by atoms with Crippen LogP contribution in [-0.4, -0.2) is 35.0 Å². The summed E-state index contributed by atoms with van der Waals surface area (Å²) >= 11 is 0. The Balaban J connectivity index is 1.39. The maximum absolute atomic E-state index is 13.2. The van der Waals surface area contributed by atoms with Gasteiger partial charge in [0.2, 0.25) is 5.91 Å². The first-order valence-corrected chi connectivity index (χ1v) is 9.05. The maximum atomic E-state index is 13.2. The fourth-order valence-corrected chi connectivity index (χ4v) is 3.88. The lowest BCUT2D eigenvalue weighted by Gasteiger charge is -2.24. The molecule has 1 saturated carbocycles. The molecule has 4 rings (SSSR count). The van der Waals surface area contributed by atoms with Crippen LogP contribution in [0.2, 0.25) is 0 Å². The van der Waals surface area contributed by atoms with E-state index in [9.17, 15) is 4.79 Å². The van der Waals surface area contributed by atoms with Gasteiger partial charge in [0.05, 0.1) is 18.1 Å². The summed E-state index contributed by atoms with van der Waals surface area (Å²) in [7, 11) is 0. The Hall–Kier alpha value is -2.20. The van der Waals surface area contributed by atoms with Crippen molar-refractivity contribution in [2.45, 2.75) is 44.3 Å². The van der Waals surface area contributed by atoms with Crippen molar-refractivity contribution in [3.63, 3.8) is 0 Å². The first-order valence-electron chi connectivity index (χ1n) is 9.05. The number of rotatable bonds is 5. The van der Waals surface area contributed by atoms with Gasteiger partial charge in [-0.3, -0.25) is 9.78 Å². The molecule has 1 atom stereocenters. The molecule has 0 radical (unpaired) electrons. The highest BCUT2D eigenvalue weighted by Gasteiger charge is 2.54. The van der Waals surface area contributed by atoms with Crippen LogP contribution in [0.4, 0.5) is 0 Å². The van der Waals surface area contributed by atoms with E-state index in [4.69, 9.17) is 4.74 Å². The average Bonchev–Trinajstić information content (AvgIpc) is 3.31. The summed E-state index contributed by atoms with van der Waals surface area (Å²) in [5, 5.41) is 0. The Morgan fingerprint density at radius 3 is 2.72 bits per heavy atom. The van der Waals surface area contributed by atoms with Gasteiger partial charge in [0.1, 0.15) is 0 Å². The Bertz CT molecular complexity index is 756. The van der Waals surface area contributed by atoms with E-state index in [-0.39, 0.29) is 17.4 Å². The molecular formula is C21H24N2O2.